The van der Waals surface area contributed by atoms with Gasteiger partial charge in [-0.15, -0.1) is 0 Å². The summed E-state index contributed by atoms with van der Waals surface area (Å²) in [6.45, 7) is 5.53. The van der Waals surface area contributed by atoms with Crippen molar-refractivity contribution < 1.29 is 14.5 Å². The standard InChI is InChI=1S/C13H18N2O4/c1-5-13(2,3)12(16)14-10-8-9(15(17)18)6-7-11(10)19-4/h6-8H,5H2,1-4H3,(H,14,16). The minimum Gasteiger partial charge on any atom is -0.495 e. The predicted octanol–water partition coefficient (Wildman–Crippen LogP) is 2.98. The van der Waals surface area contributed by atoms with Gasteiger partial charge in [0.2, 0.25) is 5.91 Å². The zero-order chi connectivity index (χ0) is 14.6. The first kappa shape index (κ1) is 14.9. The number of benzene rings is 1. The minimum atomic E-state index is -0.546. The number of nitrogens with zero attached hydrogens (tertiary/aromatic N) is 1. The van der Waals surface area contributed by atoms with E-state index in [4.69, 9.17) is 4.74 Å². The molecule has 0 spiro atoms. The first-order chi connectivity index (χ1) is 8.81. The van der Waals surface area contributed by atoms with Gasteiger partial charge in [-0.2, -0.15) is 0 Å². The Balaban J connectivity index is 3.08. The molecule has 0 fully saturated rings. The Bertz CT molecular complexity index is 497. The second kappa shape index (κ2) is 5.69. The van der Waals surface area contributed by atoms with Crippen LogP contribution in [0.5, 0.6) is 5.75 Å². The van der Waals surface area contributed by atoms with Crippen LogP contribution in [0.4, 0.5) is 11.4 Å². The molecule has 6 heteroatoms. The van der Waals surface area contributed by atoms with Crippen LogP contribution in [0, 0.1) is 15.5 Å². The molecule has 1 aromatic carbocycles. The number of ether oxygens (including phenoxy) is 1. The number of hydrogen-bond donors (Lipinski definition) is 1. The van der Waals surface area contributed by atoms with Gasteiger partial charge in [-0.1, -0.05) is 20.8 Å². The van der Waals surface area contributed by atoms with Gasteiger partial charge in [0, 0.05) is 17.5 Å². The second-order valence-electron chi connectivity index (χ2n) is 4.83. The molecule has 1 rings (SSSR count). The van der Waals surface area contributed by atoms with Gasteiger partial charge in [0.15, 0.2) is 0 Å². The van der Waals surface area contributed by atoms with Crippen LogP contribution in [0.3, 0.4) is 0 Å². The number of rotatable bonds is 5. The maximum atomic E-state index is 12.1. The zero-order valence-electron chi connectivity index (χ0n) is 11.5. The predicted molar refractivity (Wildman–Crippen MR) is 72.4 cm³/mol. The maximum Gasteiger partial charge on any atom is 0.271 e. The highest BCUT2D eigenvalue weighted by atomic mass is 16.6. The number of nitro benzene ring substituents is 1. The highest BCUT2D eigenvalue weighted by molar-refractivity contribution is 5.96. The molecule has 19 heavy (non-hydrogen) atoms. The number of carbonyl (C=O) groups is 1. The third kappa shape index (κ3) is 3.43. The van der Waals surface area contributed by atoms with Gasteiger partial charge in [0.05, 0.1) is 17.7 Å². The lowest BCUT2D eigenvalue weighted by Crippen LogP contribution is -2.30. The Hall–Kier alpha value is -2.11. The second-order valence-corrected chi connectivity index (χ2v) is 4.83. The lowest BCUT2D eigenvalue weighted by Gasteiger charge is -2.22. The first-order valence-corrected chi connectivity index (χ1v) is 5.95. The Labute approximate surface area is 111 Å². The molecule has 0 radical (unpaired) electrons. The largest absolute Gasteiger partial charge is 0.495 e. The summed E-state index contributed by atoms with van der Waals surface area (Å²) in [5, 5.41) is 13.4. The van der Waals surface area contributed by atoms with E-state index in [0.29, 0.717) is 17.9 Å². The van der Waals surface area contributed by atoms with Crippen molar-refractivity contribution in [1.82, 2.24) is 0 Å². The third-order valence-electron chi connectivity index (χ3n) is 3.14. The summed E-state index contributed by atoms with van der Waals surface area (Å²) in [5.74, 6) is 0.194. The third-order valence-corrected chi connectivity index (χ3v) is 3.14. The monoisotopic (exact) mass is 266 g/mol. The first-order valence-electron chi connectivity index (χ1n) is 5.95. The molecule has 0 bridgehead atoms. The van der Waals surface area contributed by atoms with E-state index < -0.39 is 10.3 Å². The average Bonchev–Trinajstić information content (AvgIpc) is 2.38. The fourth-order valence-corrected chi connectivity index (χ4v) is 1.36. The van der Waals surface area contributed by atoms with Gasteiger partial charge in [0.25, 0.3) is 5.69 Å². The molecule has 0 aliphatic heterocycles. The molecule has 6 nitrogen and oxygen atoms in total. The van der Waals surface area contributed by atoms with Crippen LogP contribution in [-0.2, 0) is 4.79 Å². The molecule has 0 aliphatic rings. The van der Waals surface area contributed by atoms with E-state index >= 15 is 0 Å². The smallest absolute Gasteiger partial charge is 0.271 e. The van der Waals surface area contributed by atoms with Gasteiger partial charge in [-0.25, -0.2) is 0 Å². The fourth-order valence-electron chi connectivity index (χ4n) is 1.36. The van der Waals surface area contributed by atoms with Crippen molar-refractivity contribution in [3.05, 3.63) is 28.3 Å². The Morgan fingerprint density at radius 2 is 2.11 bits per heavy atom. The van der Waals surface area contributed by atoms with E-state index in [0.717, 1.165) is 0 Å². The van der Waals surface area contributed by atoms with Crippen LogP contribution in [0.15, 0.2) is 18.2 Å². The molecule has 1 amide bonds. The number of non-ortho nitro benzene ring substituents is 1. The molecule has 0 atom stereocenters. The van der Waals surface area contributed by atoms with Crippen molar-refractivity contribution in [3.8, 4) is 5.75 Å². The molecule has 0 aromatic heterocycles. The van der Waals surface area contributed by atoms with E-state index in [9.17, 15) is 14.9 Å². The van der Waals surface area contributed by atoms with E-state index in [1.165, 1.54) is 25.3 Å². The molecular weight excluding hydrogens is 248 g/mol. The van der Waals surface area contributed by atoms with Crippen LogP contribution in [-0.4, -0.2) is 17.9 Å². The number of carbonyl (C=O) groups excluding carboxylic acids is 1. The topological polar surface area (TPSA) is 81.5 Å². The minimum absolute atomic E-state index is 0.0922. The Morgan fingerprint density at radius 3 is 2.58 bits per heavy atom. The molecule has 0 unspecified atom stereocenters. The summed E-state index contributed by atoms with van der Waals surface area (Å²) in [5.41, 5.74) is -0.330. The van der Waals surface area contributed by atoms with Gasteiger partial charge in [-0.05, 0) is 12.5 Å². The number of hydrogen-bond acceptors (Lipinski definition) is 4. The summed E-state index contributed by atoms with van der Waals surface area (Å²) in [6, 6.07) is 4.09. The number of anilines is 1. The summed E-state index contributed by atoms with van der Waals surface area (Å²) >= 11 is 0. The summed E-state index contributed by atoms with van der Waals surface area (Å²) in [6.07, 6.45) is 0.663. The lowest BCUT2D eigenvalue weighted by atomic mass is 9.89. The molecule has 1 aromatic rings. The maximum absolute atomic E-state index is 12.1. The van der Waals surface area contributed by atoms with E-state index in [2.05, 4.69) is 5.32 Å². The van der Waals surface area contributed by atoms with E-state index in [-0.39, 0.29) is 11.6 Å². The van der Waals surface area contributed by atoms with Gasteiger partial charge in [-0.3, -0.25) is 14.9 Å². The SMILES string of the molecule is CCC(C)(C)C(=O)Nc1cc([N+](=O)[O-])ccc1OC. The fraction of sp³-hybridized carbons (Fsp3) is 0.462. The molecule has 0 heterocycles. The zero-order valence-corrected chi connectivity index (χ0v) is 11.5. The quantitative estimate of drug-likeness (QED) is 0.656. The van der Waals surface area contributed by atoms with Crippen LogP contribution >= 0.6 is 0 Å². The van der Waals surface area contributed by atoms with Crippen molar-refractivity contribution in [2.24, 2.45) is 5.41 Å². The molecule has 0 aliphatic carbocycles. The van der Waals surface area contributed by atoms with Crippen molar-refractivity contribution in [1.29, 1.82) is 0 Å². The highest BCUT2D eigenvalue weighted by Crippen LogP contribution is 2.31. The van der Waals surface area contributed by atoms with E-state index in [1.54, 1.807) is 0 Å². The number of nitro groups is 1. The highest BCUT2D eigenvalue weighted by Gasteiger charge is 2.26. The van der Waals surface area contributed by atoms with Crippen molar-refractivity contribution in [2.75, 3.05) is 12.4 Å². The van der Waals surface area contributed by atoms with Crippen LogP contribution < -0.4 is 10.1 Å². The molecule has 0 saturated heterocycles. The number of methoxy groups -OCH3 is 1. The van der Waals surface area contributed by atoms with Gasteiger partial charge in [0.1, 0.15) is 5.75 Å². The number of nitrogens with one attached hydrogen (secondary N) is 1. The lowest BCUT2D eigenvalue weighted by molar-refractivity contribution is -0.384. The Morgan fingerprint density at radius 1 is 1.47 bits per heavy atom. The van der Waals surface area contributed by atoms with Crippen molar-refractivity contribution in [2.45, 2.75) is 27.2 Å². The summed E-state index contributed by atoms with van der Waals surface area (Å²) < 4.78 is 5.09. The van der Waals surface area contributed by atoms with Crippen LogP contribution in [0.25, 0.3) is 0 Å². The van der Waals surface area contributed by atoms with E-state index in [1.807, 2.05) is 20.8 Å². The average molecular weight is 266 g/mol. The normalized spacial score (nSPS) is 10.9. The molecule has 104 valence electrons. The van der Waals surface area contributed by atoms with Crippen molar-refractivity contribution in [3.63, 3.8) is 0 Å². The Kier molecular flexibility index (Phi) is 4.47. The van der Waals surface area contributed by atoms with Gasteiger partial charge >= 0.3 is 0 Å². The van der Waals surface area contributed by atoms with Crippen molar-refractivity contribution >= 4 is 17.3 Å². The summed E-state index contributed by atoms with van der Waals surface area (Å²) in [7, 11) is 1.45. The number of amides is 1. The molecule has 1 N–H and O–H groups in total. The van der Waals surface area contributed by atoms with Gasteiger partial charge < -0.3 is 10.1 Å². The molecular formula is C13H18N2O4. The van der Waals surface area contributed by atoms with Crippen LogP contribution in [0.1, 0.15) is 27.2 Å². The molecule has 0 saturated carbocycles. The summed E-state index contributed by atoms with van der Waals surface area (Å²) in [4.78, 5) is 22.3. The van der Waals surface area contributed by atoms with Crippen LogP contribution in [0.2, 0.25) is 0 Å².